The molecule has 2 heterocycles. The van der Waals surface area contributed by atoms with E-state index in [0.717, 1.165) is 22.6 Å². The van der Waals surface area contributed by atoms with Crippen LogP contribution in [0.25, 0.3) is 0 Å². The number of rotatable bonds is 6. The average Bonchev–Trinajstić information content (AvgIpc) is 3.13. The van der Waals surface area contributed by atoms with Crippen LogP contribution in [0.1, 0.15) is 51.2 Å². The topological polar surface area (TPSA) is 55.4 Å². The summed E-state index contributed by atoms with van der Waals surface area (Å²) in [6.07, 6.45) is 1.72. The van der Waals surface area contributed by atoms with Crippen LogP contribution in [0.4, 0.5) is 5.00 Å². The Bertz CT molecular complexity index is 673. The van der Waals surface area contributed by atoms with Crippen molar-refractivity contribution in [2.24, 2.45) is 0 Å². The molecule has 0 atom stereocenters. The number of carbonyl (C=O) groups excluding carboxylic acids is 2. The molecule has 1 N–H and O–H groups in total. The van der Waals surface area contributed by atoms with E-state index in [-0.39, 0.29) is 5.91 Å². The summed E-state index contributed by atoms with van der Waals surface area (Å²) in [5, 5.41) is 5.24. The van der Waals surface area contributed by atoms with E-state index in [0.29, 0.717) is 22.7 Å². The molecule has 0 unspecified atom stereocenters. The predicted molar refractivity (Wildman–Crippen MR) is 91.3 cm³/mol. The minimum atomic E-state index is -0.395. The van der Waals surface area contributed by atoms with Gasteiger partial charge in [0.2, 0.25) is 0 Å². The summed E-state index contributed by atoms with van der Waals surface area (Å²) in [6.45, 7) is 6.15. The standard InChI is InChI=1S/C16H19NO3S2/c1-4-11-7-10(9-21-11)14(18)17-15-13(16(19)20-6-3)8-12(5-2)22-15/h7-9H,4-6H2,1-3H3,(H,17,18). The minimum absolute atomic E-state index is 0.189. The Hall–Kier alpha value is -1.66. The van der Waals surface area contributed by atoms with Crippen molar-refractivity contribution in [1.29, 1.82) is 0 Å². The van der Waals surface area contributed by atoms with E-state index >= 15 is 0 Å². The van der Waals surface area contributed by atoms with Crippen molar-refractivity contribution < 1.29 is 14.3 Å². The van der Waals surface area contributed by atoms with E-state index in [1.165, 1.54) is 11.3 Å². The first kappa shape index (κ1) is 16.7. The van der Waals surface area contributed by atoms with Gasteiger partial charge >= 0.3 is 5.97 Å². The van der Waals surface area contributed by atoms with E-state index in [9.17, 15) is 9.59 Å². The first-order chi connectivity index (χ1) is 10.6. The molecule has 2 rings (SSSR count). The molecule has 0 bridgehead atoms. The van der Waals surface area contributed by atoms with Crippen molar-refractivity contribution in [1.82, 2.24) is 0 Å². The Kier molecular flexibility index (Phi) is 5.74. The molecule has 2 aromatic rings. The Morgan fingerprint density at radius 2 is 1.86 bits per heavy atom. The van der Waals surface area contributed by atoms with Crippen molar-refractivity contribution in [2.45, 2.75) is 33.6 Å². The smallest absolute Gasteiger partial charge is 0.341 e. The molecule has 4 nitrogen and oxygen atoms in total. The number of hydrogen-bond acceptors (Lipinski definition) is 5. The highest BCUT2D eigenvalue weighted by atomic mass is 32.1. The highest BCUT2D eigenvalue weighted by molar-refractivity contribution is 7.16. The van der Waals surface area contributed by atoms with Crippen molar-refractivity contribution in [3.05, 3.63) is 38.4 Å². The fourth-order valence-corrected chi connectivity index (χ4v) is 3.72. The van der Waals surface area contributed by atoms with Gasteiger partial charge in [0.25, 0.3) is 5.91 Å². The van der Waals surface area contributed by atoms with Crippen molar-refractivity contribution in [2.75, 3.05) is 11.9 Å². The molecular weight excluding hydrogens is 318 g/mol. The molecular formula is C16H19NO3S2. The Morgan fingerprint density at radius 3 is 2.45 bits per heavy atom. The Labute approximate surface area is 138 Å². The fraction of sp³-hybridized carbons (Fsp3) is 0.375. The van der Waals surface area contributed by atoms with Gasteiger partial charge in [0.15, 0.2) is 0 Å². The summed E-state index contributed by atoms with van der Waals surface area (Å²) in [4.78, 5) is 26.5. The van der Waals surface area contributed by atoms with E-state index in [1.54, 1.807) is 24.3 Å². The number of thiophene rings is 2. The third kappa shape index (κ3) is 3.75. The van der Waals surface area contributed by atoms with Gasteiger partial charge in [-0.3, -0.25) is 4.79 Å². The molecule has 0 aromatic carbocycles. The summed E-state index contributed by atoms with van der Waals surface area (Å²) in [5.41, 5.74) is 1.06. The Morgan fingerprint density at radius 1 is 1.14 bits per heavy atom. The highest BCUT2D eigenvalue weighted by Gasteiger charge is 2.19. The second kappa shape index (κ2) is 7.56. The lowest BCUT2D eigenvalue weighted by atomic mass is 10.2. The van der Waals surface area contributed by atoms with Crippen LogP contribution < -0.4 is 5.32 Å². The molecule has 0 aliphatic heterocycles. The molecule has 0 saturated carbocycles. The average molecular weight is 337 g/mol. The summed E-state index contributed by atoms with van der Waals surface area (Å²) in [6, 6.07) is 3.68. The van der Waals surface area contributed by atoms with Crippen molar-refractivity contribution >= 4 is 39.6 Å². The van der Waals surface area contributed by atoms with Gasteiger partial charge in [-0.05, 0) is 31.9 Å². The van der Waals surface area contributed by atoms with Gasteiger partial charge in [-0.25, -0.2) is 4.79 Å². The summed E-state index contributed by atoms with van der Waals surface area (Å²) in [5.74, 6) is -0.584. The molecule has 0 radical (unpaired) electrons. The molecule has 0 aliphatic rings. The van der Waals surface area contributed by atoms with Gasteiger partial charge in [0.1, 0.15) is 5.00 Å². The maximum absolute atomic E-state index is 12.3. The zero-order valence-corrected chi connectivity index (χ0v) is 14.5. The Balaban J connectivity index is 2.22. The summed E-state index contributed by atoms with van der Waals surface area (Å²) in [7, 11) is 0. The molecule has 2 aromatic heterocycles. The van der Waals surface area contributed by atoms with Gasteiger partial charge in [-0.15, -0.1) is 22.7 Å². The summed E-state index contributed by atoms with van der Waals surface area (Å²) >= 11 is 2.99. The first-order valence-corrected chi connectivity index (χ1v) is 8.97. The van der Waals surface area contributed by atoms with Crippen molar-refractivity contribution in [3.63, 3.8) is 0 Å². The number of amides is 1. The molecule has 118 valence electrons. The van der Waals surface area contributed by atoms with Gasteiger partial charge in [-0.1, -0.05) is 13.8 Å². The number of ether oxygens (including phenoxy) is 1. The molecule has 0 spiro atoms. The largest absolute Gasteiger partial charge is 0.462 e. The molecule has 0 fully saturated rings. The molecule has 22 heavy (non-hydrogen) atoms. The molecule has 0 saturated heterocycles. The first-order valence-electron chi connectivity index (χ1n) is 7.27. The zero-order chi connectivity index (χ0) is 16.1. The SMILES string of the molecule is CCOC(=O)c1cc(CC)sc1NC(=O)c1csc(CC)c1. The molecule has 6 heteroatoms. The number of anilines is 1. The lowest BCUT2D eigenvalue weighted by molar-refractivity contribution is 0.0528. The predicted octanol–water partition coefficient (Wildman–Crippen LogP) is 4.36. The molecule has 1 amide bonds. The number of carbonyl (C=O) groups is 2. The molecule has 0 aliphatic carbocycles. The minimum Gasteiger partial charge on any atom is -0.462 e. The lowest BCUT2D eigenvalue weighted by Crippen LogP contribution is -2.13. The quantitative estimate of drug-likeness (QED) is 0.797. The highest BCUT2D eigenvalue weighted by Crippen LogP contribution is 2.30. The maximum Gasteiger partial charge on any atom is 0.341 e. The monoisotopic (exact) mass is 337 g/mol. The van der Waals surface area contributed by atoms with Crippen LogP contribution in [0.3, 0.4) is 0 Å². The van der Waals surface area contributed by atoms with Crippen LogP contribution in [0, 0.1) is 0 Å². The van der Waals surface area contributed by atoms with Gasteiger partial charge in [0, 0.05) is 15.1 Å². The van der Waals surface area contributed by atoms with Crippen LogP contribution >= 0.6 is 22.7 Å². The van der Waals surface area contributed by atoms with Crippen LogP contribution in [0.15, 0.2) is 17.5 Å². The van der Waals surface area contributed by atoms with E-state index in [4.69, 9.17) is 4.74 Å². The third-order valence-electron chi connectivity index (χ3n) is 3.12. The van der Waals surface area contributed by atoms with Gasteiger partial charge < -0.3 is 10.1 Å². The van der Waals surface area contributed by atoms with E-state index < -0.39 is 5.97 Å². The van der Waals surface area contributed by atoms with E-state index in [1.807, 2.05) is 18.4 Å². The number of hydrogen-bond donors (Lipinski definition) is 1. The van der Waals surface area contributed by atoms with Crippen LogP contribution in [-0.4, -0.2) is 18.5 Å². The normalized spacial score (nSPS) is 10.5. The van der Waals surface area contributed by atoms with Crippen LogP contribution in [-0.2, 0) is 17.6 Å². The fourth-order valence-electron chi connectivity index (χ4n) is 1.93. The maximum atomic E-state index is 12.3. The van der Waals surface area contributed by atoms with Gasteiger partial charge in [0.05, 0.1) is 17.7 Å². The van der Waals surface area contributed by atoms with Gasteiger partial charge in [-0.2, -0.15) is 0 Å². The van der Waals surface area contributed by atoms with Crippen LogP contribution in [0.5, 0.6) is 0 Å². The lowest BCUT2D eigenvalue weighted by Gasteiger charge is -2.05. The van der Waals surface area contributed by atoms with E-state index in [2.05, 4.69) is 12.2 Å². The number of nitrogens with one attached hydrogen (secondary N) is 1. The number of esters is 1. The van der Waals surface area contributed by atoms with Crippen LogP contribution in [0.2, 0.25) is 0 Å². The second-order valence-corrected chi connectivity index (χ2v) is 6.77. The third-order valence-corrected chi connectivity index (χ3v) is 5.39. The zero-order valence-electron chi connectivity index (χ0n) is 12.9. The summed E-state index contributed by atoms with van der Waals surface area (Å²) < 4.78 is 5.05. The number of aryl methyl sites for hydroxylation is 2. The second-order valence-electron chi connectivity index (χ2n) is 4.64. The van der Waals surface area contributed by atoms with Crippen molar-refractivity contribution in [3.8, 4) is 0 Å².